The number of fused-ring (bicyclic) bond motifs is 2. The van der Waals surface area contributed by atoms with E-state index in [1.807, 2.05) is 12.1 Å². The Morgan fingerprint density at radius 1 is 0.684 bits per heavy atom. The number of hydrogen-bond acceptors (Lipinski definition) is 7. The van der Waals surface area contributed by atoms with Crippen molar-refractivity contribution in [1.82, 2.24) is 9.80 Å². The van der Waals surface area contributed by atoms with Gasteiger partial charge in [0, 0.05) is 59.1 Å². The SMILES string of the molecule is CCCCCCN1CC2C(C1)C2(C)c1cccc(N)c1.CCCCCCN1CC2C(C1)C2(C)c1cccc(NS(=O)(=O)CC(F)(F)F)c1.O=S(=O)(Cl)CC(F)(F)F. The zero-order valence-electron chi connectivity index (χ0n) is 33.3. The highest BCUT2D eigenvalue weighted by Gasteiger charge is 2.66. The zero-order chi connectivity index (χ0) is 42.5. The quantitative estimate of drug-likeness (QED) is 0.0749. The van der Waals surface area contributed by atoms with Crippen LogP contribution in [0.25, 0.3) is 0 Å². The lowest BCUT2D eigenvalue weighted by Crippen LogP contribution is -2.30. The third-order valence-corrected chi connectivity index (χ3v) is 14.5. The first-order valence-corrected chi connectivity index (χ1v) is 24.0. The first-order chi connectivity index (χ1) is 26.4. The maximum absolute atomic E-state index is 12.4. The van der Waals surface area contributed by atoms with Gasteiger partial charge in [-0.2, -0.15) is 26.3 Å². The summed E-state index contributed by atoms with van der Waals surface area (Å²) in [5, 5.41) is 0. The van der Waals surface area contributed by atoms with Crippen LogP contribution in [0.15, 0.2) is 48.5 Å². The van der Waals surface area contributed by atoms with E-state index in [1.54, 1.807) is 12.1 Å². The summed E-state index contributed by atoms with van der Waals surface area (Å²) < 4.78 is 115. The van der Waals surface area contributed by atoms with Gasteiger partial charge >= 0.3 is 12.4 Å². The van der Waals surface area contributed by atoms with Crippen LogP contribution >= 0.6 is 10.7 Å². The van der Waals surface area contributed by atoms with Gasteiger partial charge in [0.05, 0.1) is 0 Å². The number of sulfonamides is 1. The lowest BCUT2D eigenvalue weighted by Gasteiger charge is -2.24. The van der Waals surface area contributed by atoms with E-state index in [4.69, 9.17) is 5.73 Å². The molecule has 0 bridgehead atoms. The Morgan fingerprint density at radius 2 is 1.11 bits per heavy atom. The molecule has 2 aromatic rings. The third-order valence-electron chi connectivity index (χ3n) is 12.3. The van der Waals surface area contributed by atoms with E-state index >= 15 is 0 Å². The topological polar surface area (TPSA) is 113 Å². The number of nitrogens with two attached hydrogens (primary N) is 1. The highest BCUT2D eigenvalue weighted by molar-refractivity contribution is 8.13. The van der Waals surface area contributed by atoms with Gasteiger partial charge in [-0.05, 0) is 85.0 Å². The Hall–Kier alpha value is -2.27. The molecule has 8 nitrogen and oxygen atoms in total. The number of halogens is 7. The Balaban J connectivity index is 0.000000215. The zero-order valence-corrected chi connectivity index (χ0v) is 35.7. The smallest absolute Gasteiger partial charge is 0.399 e. The van der Waals surface area contributed by atoms with Crippen LogP contribution in [0.5, 0.6) is 0 Å². The molecule has 0 spiro atoms. The molecule has 3 N–H and O–H groups in total. The first kappa shape index (κ1) is 47.4. The molecule has 57 heavy (non-hydrogen) atoms. The van der Waals surface area contributed by atoms with Crippen molar-refractivity contribution in [1.29, 1.82) is 0 Å². The largest absolute Gasteiger partial charge is 0.404 e. The lowest BCUT2D eigenvalue weighted by atomic mass is 9.92. The maximum Gasteiger partial charge on any atom is 0.404 e. The van der Waals surface area contributed by atoms with Crippen molar-refractivity contribution in [3.05, 3.63) is 59.7 Å². The molecule has 2 saturated carbocycles. The van der Waals surface area contributed by atoms with E-state index in [1.165, 1.54) is 82.6 Å². The fourth-order valence-electron chi connectivity index (χ4n) is 9.09. The highest BCUT2D eigenvalue weighted by atomic mass is 35.7. The van der Waals surface area contributed by atoms with Crippen molar-refractivity contribution in [3.63, 3.8) is 0 Å². The van der Waals surface area contributed by atoms with Gasteiger partial charge in [0.25, 0.3) is 0 Å². The molecule has 2 heterocycles. The van der Waals surface area contributed by atoms with Crippen LogP contribution in [0.4, 0.5) is 37.7 Å². The standard InChI is InChI=1S/C20H29F3N2O2S.C18H28N2.C2H2ClF3O2S/c1-3-4-5-6-10-25-12-17-18(13-25)19(17,2)15-8-7-9-16(11-15)24-28(26,27)14-20(21,22)23;1-3-4-5-6-10-20-12-16-17(13-20)18(16,2)14-8-7-9-15(19)11-14;3-9(7,8)1-2(4,5)6/h7-9,11,17-18,24H,3-6,10,12-14H2,1-2H3;7-9,11,16-17H,3-6,10,12-13,19H2,1-2H3;1H2. The molecule has 17 heteroatoms. The average Bonchev–Trinajstić information content (AvgIpc) is 3.55. The molecule has 4 aliphatic rings. The van der Waals surface area contributed by atoms with Gasteiger partial charge in [0.1, 0.15) is 0 Å². The molecule has 2 saturated heterocycles. The van der Waals surface area contributed by atoms with Crippen molar-refractivity contribution >= 4 is 41.1 Å². The monoisotopic (exact) mass is 872 g/mol. The summed E-state index contributed by atoms with van der Waals surface area (Å²) in [5.74, 6) is -1.08. The molecule has 0 aromatic heterocycles. The third kappa shape index (κ3) is 13.6. The van der Waals surface area contributed by atoms with Gasteiger partial charge in [-0.25, -0.2) is 16.8 Å². The molecule has 4 atom stereocenters. The summed E-state index contributed by atoms with van der Waals surface area (Å²) in [7, 11) is -4.62. The molecule has 2 aliphatic heterocycles. The number of rotatable bonds is 16. The van der Waals surface area contributed by atoms with Crippen LogP contribution in [-0.2, 0) is 29.9 Å². The van der Waals surface area contributed by atoms with Crippen molar-refractivity contribution in [2.24, 2.45) is 23.7 Å². The van der Waals surface area contributed by atoms with Crippen molar-refractivity contribution in [2.75, 3.05) is 61.2 Å². The summed E-state index contributed by atoms with van der Waals surface area (Å²) >= 11 is 0. The molecule has 0 amide bonds. The number of nitrogens with zero attached hydrogens (tertiary/aromatic N) is 2. The van der Waals surface area contributed by atoms with Crippen LogP contribution in [0.3, 0.4) is 0 Å². The molecule has 2 aromatic carbocycles. The molecule has 6 rings (SSSR count). The molecule has 0 radical (unpaired) electrons. The number of unbranched alkanes of at least 4 members (excludes halogenated alkanes) is 6. The summed E-state index contributed by atoms with van der Waals surface area (Å²) in [6, 6.07) is 15.4. The molecule has 2 aliphatic carbocycles. The summed E-state index contributed by atoms with van der Waals surface area (Å²) in [6.45, 7) is 16.2. The van der Waals surface area contributed by atoms with Crippen LogP contribution in [0.2, 0.25) is 0 Å². The van der Waals surface area contributed by atoms with Crippen LogP contribution in [-0.4, -0.2) is 89.8 Å². The minimum Gasteiger partial charge on any atom is -0.399 e. The van der Waals surface area contributed by atoms with Gasteiger partial charge in [-0.15, -0.1) is 0 Å². The van der Waals surface area contributed by atoms with E-state index in [0.29, 0.717) is 17.3 Å². The number of likely N-dealkylation sites (tertiary alicyclic amines) is 2. The number of nitrogen functional groups attached to an aromatic ring is 1. The van der Waals surface area contributed by atoms with Crippen molar-refractivity contribution in [2.45, 2.75) is 102 Å². The number of hydrogen-bond donors (Lipinski definition) is 2. The first-order valence-electron chi connectivity index (χ1n) is 19.9. The van der Waals surface area contributed by atoms with E-state index in [0.717, 1.165) is 42.7 Å². The van der Waals surface area contributed by atoms with Gasteiger partial charge in [0.2, 0.25) is 19.1 Å². The average molecular weight is 874 g/mol. The van der Waals surface area contributed by atoms with Crippen molar-refractivity contribution in [3.8, 4) is 0 Å². The van der Waals surface area contributed by atoms with Gasteiger partial charge < -0.3 is 15.5 Å². The summed E-state index contributed by atoms with van der Waals surface area (Å²) in [5.41, 5.74) is 9.88. The number of benzene rings is 2. The van der Waals surface area contributed by atoms with E-state index in [2.05, 4.69) is 71.1 Å². The number of alkyl halides is 6. The molecular formula is C40H59ClF6N4O4S2. The second kappa shape index (κ2) is 19.0. The van der Waals surface area contributed by atoms with Crippen LogP contribution in [0.1, 0.15) is 90.2 Å². The fraction of sp³-hybridized carbons (Fsp3) is 0.700. The van der Waals surface area contributed by atoms with Crippen molar-refractivity contribution < 1.29 is 43.2 Å². The van der Waals surface area contributed by atoms with E-state index in [-0.39, 0.29) is 11.1 Å². The Labute approximate surface area is 339 Å². The second-order valence-electron chi connectivity index (χ2n) is 16.6. The fourth-order valence-corrected chi connectivity index (χ4v) is 10.8. The predicted octanol–water partition coefficient (Wildman–Crippen LogP) is 9.18. The summed E-state index contributed by atoms with van der Waals surface area (Å²) in [4.78, 5) is 5.18. The Morgan fingerprint density at radius 3 is 1.47 bits per heavy atom. The predicted molar refractivity (Wildman–Crippen MR) is 216 cm³/mol. The van der Waals surface area contributed by atoms with Crippen LogP contribution in [0, 0.1) is 23.7 Å². The molecule has 4 fully saturated rings. The number of piperidine rings is 2. The van der Waals surface area contributed by atoms with Gasteiger partial charge in [0.15, 0.2) is 11.5 Å². The molecule has 4 unspecified atom stereocenters. The maximum atomic E-state index is 12.4. The van der Waals surface area contributed by atoms with Gasteiger partial charge in [-0.1, -0.05) is 90.5 Å². The van der Waals surface area contributed by atoms with Gasteiger partial charge in [-0.3, -0.25) is 4.72 Å². The van der Waals surface area contributed by atoms with E-state index < -0.39 is 42.9 Å². The lowest BCUT2D eigenvalue weighted by molar-refractivity contribution is -0.107. The highest BCUT2D eigenvalue weighted by Crippen LogP contribution is 2.64. The minimum absolute atomic E-state index is 0.0224. The van der Waals surface area contributed by atoms with E-state index in [9.17, 15) is 43.2 Å². The number of anilines is 2. The van der Waals surface area contributed by atoms with Crippen LogP contribution < -0.4 is 10.5 Å². The Kier molecular flexibility index (Phi) is 15.8. The Bertz CT molecular complexity index is 1820. The summed E-state index contributed by atoms with van der Waals surface area (Å²) in [6.07, 6.45) is 0.990. The second-order valence-corrected chi connectivity index (χ2v) is 21.1. The molecular weight excluding hydrogens is 814 g/mol. The molecule has 324 valence electrons. The number of nitrogens with one attached hydrogen (secondary N) is 1. The normalized spacial score (nSPS) is 27.1. The minimum atomic E-state index is -4.76.